The van der Waals surface area contributed by atoms with Crippen LogP contribution in [0.25, 0.3) is 0 Å². The van der Waals surface area contributed by atoms with E-state index in [-0.39, 0.29) is 43.5 Å². The van der Waals surface area contributed by atoms with Crippen LogP contribution in [-0.4, -0.2) is 67.7 Å². The van der Waals surface area contributed by atoms with Gasteiger partial charge in [-0.2, -0.15) is 13.2 Å². The molecule has 226 valence electrons. The molecule has 0 saturated carbocycles. The van der Waals surface area contributed by atoms with E-state index in [4.69, 9.17) is 4.74 Å². The van der Waals surface area contributed by atoms with E-state index in [0.29, 0.717) is 13.1 Å². The largest absolute Gasteiger partial charge is 0.457 e. The fourth-order valence-electron chi connectivity index (χ4n) is 5.52. The van der Waals surface area contributed by atoms with E-state index < -0.39 is 45.3 Å². The molecule has 0 aromatic heterocycles. The predicted octanol–water partition coefficient (Wildman–Crippen LogP) is 5.08. The highest BCUT2D eigenvalue weighted by molar-refractivity contribution is 7.90. The van der Waals surface area contributed by atoms with Crippen LogP contribution in [0.2, 0.25) is 0 Å². The van der Waals surface area contributed by atoms with Crippen molar-refractivity contribution in [3.8, 4) is 0 Å². The average Bonchev–Trinajstić information content (AvgIpc) is 2.89. The maximum Gasteiger partial charge on any atom is 0.390 e. The van der Waals surface area contributed by atoms with E-state index >= 15 is 0 Å². The lowest BCUT2D eigenvalue weighted by Gasteiger charge is -2.39. The van der Waals surface area contributed by atoms with E-state index in [1.54, 1.807) is 19.9 Å². The van der Waals surface area contributed by atoms with Gasteiger partial charge in [0.2, 0.25) is 10.0 Å². The second kappa shape index (κ2) is 12.7. The third-order valence-corrected chi connectivity index (χ3v) is 9.79. The number of piperidine rings is 1. The number of likely N-dealkylation sites (tertiary alicyclic amines) is 1. The molecule has 0 amide bonds. The van der Waals surface area contributed by atoms with Crippen LogP contribution in [-0.2, 0) is 21.2 Å². The Bertz CT molecular complexity index is 1310. The molecule has 12 heteroatoms. The van der Waals surface area contributed by atoms with Gasteiger partial charge in [0.05, 0.1) is 12.5 Å². The van der Waals surface area contributed by atoms with E-state index in [9.17, 15) is 31.1 Å². The lowest BCUT2D eigenvalue weighted by Crippen LogP contribution is -2.59. The lowest BCUT2D eigenvalue weighted by molar-refractivity contribution is -0.138. The van der Waals surface area contributed by atoms with E-state index in [0.717, 1.165) is 24.0 Å². The Morgan fingerprint density at radius 2 is 1.78 bits per heavy atom. The third-order valence-electron chi connectivity index (χ3n) is 7.85. The second-order valence-electron chi connectivity index (χ2n) is 11.3. The van der Waals surface area contributed by atoms with Gasteiger partial charge in [0.25, 0.3) is 6.02 Å². The van der Waals surface area contributed by atoms with Gasteiger partial charge in [0.15, 0.2) is 0 Å². The monoisotopic (exact) mass is 599 g/mol. The summed E-state index contributed by atoms with van der Waals surface area (Å²) in [5.74, 6) is -0.271. The Balaban J connectivity index is 1.41. The van der Waals surface area contributed by atoms with Crippen LogP contribution in [0, 0.1) is 5.82 Å². The fourth-order valence-corrected chi connectivity index (χ4v) is 7.21. The Labute approximate surface area is 238 Å². The molecular formula is C29H37F4N3O4S. The van der Waals surface area contributed by atoms with Gasteiger partial charge in [-0.3, -0.25) is 0 Å². The molecule has 2 N–H and O–H groups in total. The van der Waals surface area contributed by atoms with Gasteiger partial charge in [0.1, 0.15) is 16.7 Å². The number of nitrogens with zero attached hydrogens (tertiary/aromatic N) is 2. The first-order valence-electron chi connectivity index (χ1n) is 13.8. The van der Waals surface area contributed by atoms with Gasteiger partial charge in [-0.1, -0.05) is 42.5 Å². The number of sulfonamides is 1. The summed E-state index contributed by atoms with van der Waals surface area (Å²) < 4.78 is 87.0. The van der Waals surface area contributed by atoms with Gasteiger partial charge in [0, 0.05) is 18.7 Å². The molecule has 0 aliphatic carbocycles. The van der Waals surface area contributed by atoms with Crippen molar-refractivity contribution in [3.05, 3.63) is 71.0 Å². The van der Waals surface area contributed by atoms with Gasteiger partial charge < -0.3 is 14.7 Å². The smallest absolute Gasteiger partial charge is 0.390 e. The van der Waals surface area contributed by atoms with Crippen LogP contribution in [0.1, 0.15) is 68.2 Å². The number of ether oxygens (including phenoxy) is 1. The summed E-state index contributed by atoms with van der Waals surface area (Å²) in [5, 5.41) is 8.54. The maximum atomic E-state index is 14.4. The summed E-state index contributed by atoms with van der Waals surface area (Å²) in [6.45, 7) is 4.30. The number of rotatable bonds is 9. The molecule has 0 radical (unpaired) electrons. The Hall–Kier alpha value is -2.70. The molecule has 4 rings (SSSR count). The van der Waals surface area contributed by atoms with Gasteiger partial charge in [-0.25, -0.2) is 22.5 Å². The van der Waals surface area contributed by atoms with Crippen LogP contribution in [0.5, 0.6) is 0 Å². The standard InChI is InChI=1S/C29H37F4N3O4S/c1-28(2)26(41(38,39)35-27(40-28)34-25(13-18-37)23-5-3-4-6-24(23)30)19-20-7-9-21(10-8-20)22-11-15-36(16-12-22)17-14-29(31,32)33/h3-10,22,25-26,37H,11-19H2,1-2H3,(H,34,35). The van der Waals surface area contributed by atoms with Crippen molar-refractivity contribution in [2.75, 3.05) is 26.2 Å². The topological polar surface area (TPSA) is 91.2 Å². The first kappa shape index (κ1) is 31.2. The minimum Gasteiger partial charge on any atom is -0.457 e. The van der Waals surface area contributed by atoms with Crippen LogP contribution in [0.15, 0.2) is 53.5 Å². The van der Waals surface area contributed by atoms with Gasteiger partial charge >= 0.3 is 6.18 Å². The quantitative estimate of drug-likeness (QED) is 0.393. The summed E-state index contributed by atoms with van der Waals surface area (Å²) in [6, 6.07) is 12.6. The zero-order chi connectivity index (χ0) is 29.8. The molecule has 2 aromatic rings. The minimum atomic E-state index is -4.15. The van der Waals surface area contributed by atoms with E-state index in [2.05, 4.69) is 9.71 Å². The molecule has 2 aliphatic heterocycles. The highest BCUT2D eigenvalue weighted by Crippen LogP contribution is 2.33. The van der Waals surface area contributed by atoms with Gasteiger partial charge in [-0.05, 0) is 75.7 Å². The number of hydrogen-bond donors (Lipinski definition) is 2. The number of amidine groups is 1. The van der Waals surface area contributed by atoms with Gasteiger partial charge in [-0.15, -0.1) is 0 Å². The van der Waals surface area contributed by atoms with Crippen LogP contribution in [0.4, 0.5) is 17.6 Å². The predicted molar refractivity (Wildman–Crippen MR) is 149 cm³/mol. The SMILES string of the molecule is CC1(C)OC(=NC(CCO)c2ccccc2F)NS(=O)(=O)C1Cc1ccc(C2CCN(CCC(F)(F)F)CC2)cc1. The number of aliphatic imine (C=N–C) groups is 1. The highest BCUT2D eigenvalue weighted by atomic mass is 32.2. The molecule has 41 heavy (non-hydrogen) atoms. The summed E-state index contributed by atoms with van der Waals surface area (Å²) in [6.07, 6.45) is -3.15. The number of halogens is 4. The normalized spacial score (nSPS) is 23.1. The Kier molecular flexibility index (Phi) is 9.65. The van der Waals surface area contributed by atoms with Crippen molar-refractivity contribution < 1.29 is 35.8 Å². The van der Waals surface area contributed by atoms with Crippen LogP contribution >= 0.6 is 0 Å². The Morgan fingerprint density at radius 1 is 1.12 bits per heavy atom. The van der Waals surface area contributed by atoms with E-state index in [1.165, 1.54) is 18.2 Å². The number of alkyl halides is 3. The first-order chi connectivity index (χ1) is 19.3. The van der Waals surface area contributed by atoms with Crippen LogP contribution in [0.3, 0.4) is 0 Å². The third kappa shape index (κ3) is 8.20. The number of aliphatic hydroxyl groups excluding tert-OH is 1. The molecule has 2 unspecified atom stereocenters. The molecule has 2 fully saturated rings. The zero-order valence-electron chi connectivity index (χ0n) is 23.2. The fraction of sp³-hybridized carbons (Fsp3) is 0.552. The summed E-state index contributed by atoms with van der Waals surface area (Å²) in [7, 11) is -3.93. The second-order valence-corrected chi connectivity index (χ2v) is 13.1. The summed E-state index contributed by atoms with van der Waals surface area (Å²) >= 11 is 0. The van der Waals surface area contributed by atoms with Crippen molar-refractivity contribution in [1.82, 2.24) is 9.62 Å². The van der Waals surface area contributed by atoms with Crippen molar-refractivity contribution in [1.29, 1.82) is 0 Å². The molecular weight excluding hydrogens is 562 g/mol. The molecule has 2 aromatic carbocycles. The highest BCUT2D eigenvalue weighted by Gasteiger charge is 2.47. The minimum absolute atomic E-state index is 0.0224. The zero-order valence-corrected chi connectivity index (χ0v) is 24.0. The van der Waals surface area contributed by atoms with Crippen molar-refractivity contribution in [2.24, 2.45) is 4.99 Å². The maximum absolute atomic E-state index is 14.4. The molecule has 2 atom stereocenters. The molecule has 2 saturated heterocycles. The molecule has 7 nitrogen and oxygen atoms in total. The van der Waals surface area contributed by atoms with Crippen molar-refractivity contribution in [2.45, 2.75) is 74.9 Å². The Morgan fingerprint density at radius 3 is 2.37 bits per heavy atom. The lowest BCUT2D eigenvalue weighted by atomic mass is 9.88. The summed E-state index contributed by atoms with van der Waals surface area (Å²) in [5.41, 5.74) is 0.947. The van der Waals surface area contributed by atoms with E-state index in [1.807, 2.05) is 29.2 Å². The molecule has 2 heterocycles. The number of nitrogens with one attached hydrogen (secondary N) is 1. The van der Waals surface area contributed by atoms with Crippen molar-refractivity contribution >= 4 is 16.0 Å². The molecule has 0 spiro atoms. The first-order valence-corrected chi connectivity index (χ1v) is 15.3. The molecule has 2 aliphatic rings. The number of benzene rings is 2. The molecule has 0 bridgehead atoms. The van der Waals surface area contributed by atoms with Crippen molar-refractivity contribution in [3.63, 3.8) is 0 Å². The summed E-state index contributed by atoms with van der Waals surface area (Å²) in [4.78, 5) is 6.17. The number of aliphatic hydroxyl groups is 1. The number of hydrogen-bond acceptors (Lipinski definition) is 6. The average molecular weight is 600 g/mol. The van der Waals surface area contributed by atoms with Crippen LogP contribution < -0.4 is 4.72 Å².